The van der Waals surface area contributed by atoms with Gasteiger partial charge in [-0.25, -0.2) is 0 Å². The maximum Gasteiger partial charge on any atom is 0.244 e. The van der Waals surface area contributed by atoms with Crippen LogP contribution in [0.5, 0.6) is 0 Å². The van der Waals surface area contributed by atoms with Crippen LogP contribution in [0.3, 0.4) is 0 Å². The van der Waals surface area contributed by atoms with E-state index < -0.39 is 0 Å². The zero-order valence-corrected chi connectivity index (χ0v) is 10.8. The summed E-state index contributed by atoms with van der Waals surface area (Å²) in [6.07, 6.45) is 2.53. The minimum absolute atomic E-state index is 0.133. The molecule has 0 saturated carbocycles. The van der Waals surface area contributed by atoms with E-state index >= 15 is 0 Å². The number of nitrogens with one attached hydrogen (secondary N) is 1. The van der Waals surface area contributed by atoms with E-state index in [0.717, 1.165) is 29.6 Å². The molecule has 1 aromatic heterocycles. The molecule has 1 aromatic carbocycles. The molecule has 3 rings (SSSR count). The summed E-state index contributed by atoms with van der Waals surface area (Å²) in [7, 11) is 1.83. The Hall–Kier alpha value is -2.30. The first-order chi connectivity index (χ1) is 9.16. The highest BCUT2D eigenvalue weighted by molar-refractivity contribution is 5.99. The molecule has 98 valence electrons. The van der Waals surface area contributed by atoms with Crippen molar-refractivity contribution in [2.75, 3.05) is 24.6 Å². The van der Waals surface area contributed by atoms with Crippen LogP contribution in [-0.2, 0) is 4.79 Å². The van der Waals surface area contributed by atoms with Gasteiger partial charge in [-0.2, -0.15) is 0 Å². The summed E-state index contributed by atoms with van der Waals surface area (Å²) in [5.74, 6) is 0.133. The van der Waals surface area contributed by atoms with Gasteiger partial charge < -0.3 is 16.0 Å². The summed E-state index contributed by atoms with van der Waals surface area (Å²) in [6.45, 7) is 0.793. The fourth-order valence-electron chi connectivity index (χ4n) is 2.47. The second-order valence-corrected chi connectivity index (χ2v) is 4.85. The van der Waals surface area contributed by atoms with Crippen molar-refractivity contribution in [3.8, 4) is 0 Å². The summed E-state index contributed by atoms with van der Waals surface area (Å²) >= 11 is 0. The Labute approximate surface area is 111 Å². The number of nitrogens with two attached hydrogens (primary N) is 1. The lowest BCUT2D eigenvalue weighted by Gasteiger charge is -2.15. The second-order valence-electron chi connectivity index (χ2n) is 4.85. The van der Waals surface area contributed by atoms with Gasteiger partial charge in [0.15, 0.2) is 0 Å². The van der Waals surface area contributed by atoms with E-state index in [1.807, 2.05) is 31.3 Å². The number of nitrogens with zero attached hydrogens (tertiary/aromatic N) is 2. The molecular weight excluding hydrogens is 240 g/mol. The second kappa shape index (κ2) is 4.42. The van der Waals surface area contributed by atoms with Crippen LogP contribution in [0.1, 0.15) is 6.42 Å². The number of anilines is 2. The van der Waals surface area contributed by atoms with E-state index in [9.17, 15) is 4.79 Å². The van der Waals surface area contributed by atoms with Crippen LogP contribution >= 0.6 is 0 Å². The van der Waals surface area contributed by atoms with Crippen LogP contribution in [0.2, 0.25) is 0 Å². The van der Waals surface area contributed by atoms with E-state index in [4.69, 9.17) is 5.73 Å². The zero-order chi connectivity index (χ0) is 13.4. The standard InChI is InChI=1S/C14H16N4O/c1-18-8-6-12(14(18)19)17-11-5-7-16-13-9(11)3-2-4-10(13)15/h2-5,7,12H,6,8,15H2,1H3,(H,16,17). The first kappa shape index (κ1) is 11.8. The quantitative estimate of drug-likeness (QED) is 0.798. The van der Waals surface area contributed by atoms with Crippen LogP contribution in [0.4, 0.5) is 11.4 Å². The molecule has 2 heterocycles. The lowest BCUT2D eigenvalue weighted by Crippen LogP contribution is -2.31. The van der Waals surface area contributed by atoms with Gasteiger partial charge in [0.05, 0.1) is 11.2 Å². The monoisotopic (exact) mass is 256 g/mol. The van der Waals surface area contributed by atoms with Gasteiger partial charge in [-0.1, -0.05) is 12.1 Å². The van der Waals surface area contributed by atoms with E-state index in [2.05, 4.69) is 10.3 Å². The Morgan fingerprint density at radius 1 is 1.42 bits per heavy atom. The molecule has 0 bridgehead atoms. The van der Waals surface area contributed by atoms with Gasteiger partial charge in [-0.15, -0.1) is 0 Å². The molecule has 1 aliphatic rings. The molecule has 0 aliphatic carbocycles. The van der Waals surface area contributed by atoms with Crippen LogP contribution < -0.4 is 11.1 Å². The van der Waals surface area contributed by atoms with Crippen molar-refractivity contribution in [1.29, 1.82) is 0 Å². The average Bonchev–Trinajstić information content (AvgIpc) is 2.72. The number of carbonyl (C=O) groups excluding carboxylic acids is 1. The third-order valence-electron chi connectivity index (χ3n) is 3.56. The van der Waals surface area contributed by atoms with Gasteiger partial charge in [-0.05, 0) is 18.6 Å². The highest BCUT2D eigenvalue weighted by Crippen LogP contribution is 2.27. The number of nitrogen functional groups attached to an aromatic ring is 1. The molecule has 0 spiro atoms. The zero-order valence-electron chi connectivity index (χ0n) is 10.8. The molecule has 2 aromatic rings. The van der Waals surface area contributed by atoms with Gasteiger partial charge in [0.1, 0.15) is 6.04 Å². The van der Waals surface area contributed by atoms with Gasteiger partial charge in [0.2, 0.25) is 5.91 Å². The van der Waals surface area contributed by atoms with E-state index in [1.165, 1.54) is 0 Å². The van der Waals surface area contributed by atoms with Crippen molar-refractivity contribution < 1.29 is 4.79 Å². The number of amides is 1. The van der Waals surface area contributed by atoms with Crippen LogP contribution in [0.15, 0.2) is 30.5 Å². The predicted molar refractivity (Wildman–Crippen MR) is 75.8 cm³/mol. The molecule has 1 fully saturated rings. The molecule has 19 heavy (non-hydrogen) atoms. The van der Waals surface area contributed by atoms with Crippen molar-refractivity contribution in [2.24, 2.45) is 0 Å². The van der Waals surface area contributed by atoms with Crippen molar-refractivity contribution in [1.82, 2.24) is 9.88 Å². The highest BCUT2D eigenvalue weighted by atomic mass is 16.2. The minimum Gasteiger partial charge on any atom is -0.397 e. The summed E-state index contributed by atoms with van der Waals surface area (Å²) < 4.78 is 0. The van der Waals surface area contributed by atoms with Gasteiger partial charge in [-0.3, -0.25) is 9.78 Å². The summed E-state index contributed by atoms with van der Waals surface area (Å²) in [5, 5.41) is 4.25. The Balaban J connectivity index is 1.98. The van der Waals surface area contributed by atoms with Gasteiger partial charge >= 0.3 is 0 Å². The molecule has 5 nitrogen and oxygen atoms in total. The number of benzene rings is 1. The maximum absolute atomic E-state index is 11.9. The number of fused-ring (bicyclic) bond motifs is 1. The summed E-state index contributed by atoms with van der Waals surface area (Å²) in [5.41, 5.74) is 8.24. The number of hydrogen-bond donors (Lipinski definition) is 2. The van der Waals surface area contributed by atoms with Crippen molar-refractivity contribution in [3.05, 3.63) is 30.5 Å². The van der Waals surface area contributed by atoms with Crippen molar-refractivity contribution >= 4 is 28.2 Å². The number of hydrogen-bond acceptors (Lipinski definition) is 4. The maximum atomic E-state index is 11.9. The number of likely N-dealkylation sites (tertiary alicyclic amines) is 1. The molecule has 1 atom stereocenters. The normalized spacial score (nSPS) is 19.1. The highest BCUT2D eigenvalue weighted by Gasteiger charge is 2.29. The number of likely N-dealkylation sites (N-methyl/N-ethyl adjacent to an activating group) is 1. The molecule has 1 aliphatic heterocycles. The Kier molecular flexibility index (Phi) is 2.74. The summed E-state index contributed by atoms with van der Waals surface area (Å²) in [4.78, 5) is 18.0. The molecular formula is C14H16N4O. The molecule has 3 N–H and O–H groups in total. The average molecular weight is 256 g/mol. The van der Waals surface area contributed by atoms with Gasteiger partial charge in [0, 0.05) is 30.9 Å². The SMILES string of the molecule is CN1CCC(Nc2ccnc3c(N)cccc23)C1=O. The van der Waals surface area contributed by atoms with Crippen molar-refractivity contribution in [2.45, 2.75) is 12.5 Å². The van der Waals surface area contributed by atoms with Crippen molar-refractivity contribution in [3.63, 3.8) is 0 Å². The molecule has 1 unspecified atom stereocenters. The third kappa shape index (κ3) is 1.97. The summed E-state index contributed by atoms with van der Waals surface area (Å²) in [6, 6.07) is 7.41. The van der Waals surface area contributed by atoms with Crippen LogP contribution in [0.25, 0.3) is 10.9 Å². The molecule has 0 radical (unpaired) electrons. The first-order valence-corrected chi connectivity index (χ1v) is 6.31. The Morgan fingerprint density at radius 3 is 3.00 bits per heavy atom. The van der Waals surface area contributed by atoms with E-state index in [1.54, 1.807) is 11.1 Å². The number of pyridine rings is 1. The Morgan fingerprint density at radius 2 is 2.26 bits per heavy atom. The molecule has 1 amide bonds. The Bertz CT molecular complexity index is 640. The lowest BCUT2D eigenvalue weighted by atomic mass is 10.1. The van der Waals surface area contributed by atoms with Gasteiger partial charge in [0.25, 0.3) is 0 Å². The van der Waals surface area contributed by atoms with Crippen LogP contribution in [0, 0.1) is 0 Å². The predicted octanol–water partition coefficient (Wildman–Crippen LogP) is 1.46. The van der Waals surface area contributed by atoms with E-state index in [0.29, 0.717) is 5.69 Å². The number of aromatic nitrogens is 1. The third-order valence-corrected chi connectivity index (χ3v) is 3.56. The largest absolute Gasteiger partial charge is 0.397 e. The fraction of sp³-hybridized carbons (Fsp3) is 0.286. The number of rotatable bonds is 2. The van der Waals surface area contributed by atoms with E-state index in [-0.39, 0.29) is 11.9 Å². The lowest BCUT2D eigenvalue weighted by molar-refractivity contribution is -0.127. The minimum atomic E-state index is -0.156. The smallest absolute Gasteiger partial charge is 0.244 e. The number of para-hydroxylation sites is 1. The number of carbonyl (C=O) groups is 1. The van der Waals surface area contributed by atoms with Crippen LogP contribution in [-0.4, -0.2) is 35.4 Å². The molecule has 1 saturated heterocycles. The molecule has 5 heteroatoms. The fourth-order valence-corrected chi connectivity index (χ4v) is 2.47. The topological polar surface area (TPSA) is 71.2 Å². The first-order valence-electron chi connectivity index (χ1n) is 6.31.